The first kappa shape index (κ1) is 24.0. The highest BCUT2D eigenvalue weighted by atomic mass is 32.2. The zero-order valence-electron chi connectivity index (χ0n) is 18.4. The smallest absolute Gasteiger partial charge is 0.354 e. The molecule has 2 rings (SSSR count). The molecule has 0 saturated carbocycles. The molecule has 9 heteroatoms. The molecule has 0 bridgehead atoms. The lowest BCUT2D eigenvalue weighted by Gasteiger charge is -2.19. The molecule has 1 heterocycles. The van der Waals surface area contributed by atoms with Gasteiger partial charge >= 0.3 is 6.03 Å². The highest BCUT2D eigenvalue weighted by Gasteiger charge is 2.26. The van der Waals surface area contributed by atoms with Crippen molar-refractivity contribution in [3.05, 3.63) is 46.5 Å². The number of furan rings is 1. The van der Waals surface area contributed by atoms with Crippen molar-refractivity contribution >= 4 is 21.6 Å². The van der Waals surface area contributed by atoms with Crippen LogP contribution in [0.5, 0.6) is 0 Å². The van der Waals surface area contributed by atoms with Gasteiger partial charge in [-0.05, 0) is 55.9 Å². The molecule has 0 saturated heterocycles. The molecule has 2 amide bonds. The number of anilines is 1. The maximum absolute atomic E-state index is 14.1. The van der Waals surface area contributed by atoms with E-state index in [1.54, 1.807) is 20.8 Å². The monoisotopic (exact) mass is 439 g/mol. The quantitative estimate of drug-likeness (QED) is 0.598. The fourth-order valence-corrected chi connectivity index (χ4v) is 4.12. The average Bonchev–Trinajstić information content (AvgIpc) is 2.98. The van der Waals surface area contributed by atoms with E-state index in [9.17, 15) is 18.5 Å². The van der Waals surface area contributed by atoms with Crippen LogP contribution in [-0.2, 0) is 15.5 Å². The summed E-state index contributed by atoms with van der Waals surface area (Å²) in [6.45, 7) is 12.2. The predicted octanol–water partition coefficient (Wildman–Crippen LogP) is 5.13. The van der Waals surface area contributed by atoms with Crippen LogP contribution in [0.4, 0.5) is 14.9 Å². The van der Waals surface area contributed by atoms with Crippen LogP contribution in [0.25, 0.3) is 0 Å². The fraction of sp³-hybridized carbons (Fsp3) is 0.476. The summed E-state index contributed by atoms with van der Waals surface area (Å²) in [5.41, 5.74) is 0.788. The van der Waals surface area contributed by atoms with E-state index in [1.165, 1.54) is 18.2 Å². The van der Waals surface area contributed by atoms with Crippen molar-refractivity contribution in [3.63, 3.8) is 0 Å². The Hall–Kier alpha value is -2.23. The number of halogens is 1. The highest BCUT2D eigenvalue weighted by molar-refractivity contribution is 7.91. The first-order valence-corrected chi connectivity index (χ1v) is 11.2. The number of nitrogens with one attached hydrogen (secondary N) is 1. The van der Waals surface area contributed by atoms with Gasteiger partial charge in [0.15, 0.2) is 9.92 Å². The van der Waals surface area contributed by atoms with Crippen molar-refractivity contribution in [1.29, 1.82) is 0 Å². The summed E-state index contributed by atoms with van der Waals surface area (Å²) in [6.07, 6.45) is 0. The average molecular weight is 440 g/mol. The summed E-state index contributed by atoms with van der Waals surface area (Å²) in [7, 11) is -3.70. The van der Waals surface area contributed by atoms with Crippen molar-refractivity contribution in [2.75, 3.05) is 5.32 Å². The second kappa shape index (κ2) is 8.49. The van der Waals surface area contributed by atoms with Crippen molar-refractivity contribution in [2.45, 2.75) is 71.0 Å². The van der Waals surface area contributed by atoms with E-state index in [0.29, 0.717) is 28.1 Å². The van der Waals surface area contributed by atoms with Crippen LogP contribution in [-0.4, -0.2) is 15.3 Å². The molecular formula is C21H30FN3O4S. The van der Waals surface area contributed by atoms with E-state index in [0.717, 1.165) is 0 Å². The third-order valence-electron chi connectivity index (χ3n) is 4.70. The van der Waals surface area contributed by atoms with Gasteiger partial charge in [-0.25, -0.2) is 18.5 Å². The van der Waals surface area contributed by atoms with Crippen molar-refractivity contribution in [3.8, 4) is 0 Å². The van der Waals surface area contributed by atoms with Crippen LogP contribution in [0.3, 0.4) is 0 Å². The number of aliphatic hydroxyl groups is 1. The van der Waals surface area contributed by atoms with Gasteiger partial charge in [-0.1, -0.05) is 27.7 Å². The Morgan fingerprint density at radius 3 is 2.10 bits per heavy atom. The van der Waals surface area contributed by atoms with Crippen LogP contribution >= 0.6 is 0 Å². The summed E-state index contributed by atoms with van der Waals surface area (Å²) >= 11 is 0. The van der Waals surface area contributed by atoms with Crippen LogP contribution in [0.2, 0.25) is 0 Å². The van der Waals surface area contributed by atoms with Crippen molar-refractivity contribution < 1.29 is 22.9 Å². The Morgan fingerprint density at radius 2 is 1.70 bits per heavy atom. The lowest BCUT2D eigenvalue weighted by Crippen LogP contribution is -2.19. The Kier molecular flexibility index (Phi) is 6.80. The molecule has 0 fully saturated rings. The van der Waals surface area contributed by atoms with Gasteiger partial charge in [-0.15, -0.1) is 4.36 Å². The molecule has 166 valence electrons. The normalized spacial score (nSPS) is 14.1. The van der Waals surface area contributed by atoms with Gasteiger partial charge in [0.25, 0.3) is 0 Å². The molecule has 0 spiro atoms. The molecule has 1 atom stereocenters. The van der Waals surface area contributed by atoms with Crippen LogP contribution in [0.15, 0.2) is 32.1 Å². The third kappa shape index (κ3) is 5.27. The molecule has 2 aromatic rings. The minimum absolute atomic E-state index is 0.0715. The molecule has 30 heavy (non-hydrogen) atoms. The summed E-state index contributed by atoms with van der Waals surface area (Å²) in [5.74, 6) is -0.213. The van der Waals surface area contributed by atoms with Gasteiger partial charge < -0.3 is 14.8 Å². The highest BCUT2D eigenvalue weighted by Crippen LogP contribution is 2.34. The Morgan fingerprint density at radius 1 is 1.20 bits per heavy atom. The second-order valence-electron chi connectivity index (χ2n) is 8.45. The first-order valence-electron chi connectivity index (χ1n) is 9.66. The predicted molar refractivity (Wildman–Crippen MR) is 115 cm³/mol. The molecular weight excluding hydrogens is 409 g/mol. The largest absolute Gasteiger partial charge is 0.450 e. The zero-order valence-corrected chi connectivity index (χ0v) is 19.2. The van der Waals surface area contributed by atoms with Gasteiger partial charge in [0.05, 0.1) is 5.60 Å². The van der Waals surface area contributed by atoms with Crippen LogP contribution in [0.1, 0.15) is 75.8 Å². The summed E-state index contributed by atoms with van der Waals surface area (Å²) in [6, 6.07) is 3.12. The fourth-order valence-electron chi connectivity index (χ4n) is 3.21. The van der Waals surface area contributed by atoms with Crippen molar-refractivity contribution in [2.24, 2.45) is 9.50 Å². The SMILES string of the molecule is Cc1oc([S@@](N)(=O)=NC(=O)Nc2c(C(C)C)cc(F)cc2C(C)C)cc1C(C)(C)O. The van der Waals surface area contributed by atoms with E-state index < -0.39 is 27.4 Å². The maximum atomic E-state index is 14.1. The third-order valence-corrected chi connectivity index (χ3v) is 5.92. The molecule has 7 nitrogen and oxygen atoms in total. The topological polar surface area (TPSA) is 118 Å². The van der Waals surface area contributed by atoms with E-state index in [4.69, 9.17) is 9.56 Å². The maximum Gasteiger partial charge on any atom is 0.354 e. The van der Waals surface area contributed by atoms with Gasteiger partial charge in [0, 0.05) is 17.3 Å². The minimum Gasteiger partial charge on any atom is -0.450 e. The Balaban J connectivity index is 2.48. The molecule has 0 radical (unpaired) electrons. The van der Waals surface area contributed by atoms with E-state index in [1.807, 2.05) is 27.7 Å². The number of aryl methyl sites for hydroxylation is 1. The summed E-state index contributed by atoms with van der Waals surface area (Å²) < 4.78 is 36.0. The second-order valence-corrected chi connectivity index (χ2v) is 10.2. The molecule has 1 aromatic carbocycles. The summed E-state index contributed by atoms with van der Waals surface area (Å²) in [4.78, 5) is 12.6. The minimum atomic E-state index is -3.70. The molecule has 1 aromatic heterocycles. The number of hydrogen-bond acceptors (Lipinski definition) is 4. The zero-order chi connectivity index (χ0) is 23.0. The molecule has 0 aliphatic heterocycles. The van der Waals surface area contributed by atoms with E-state index in [-0.39, 0.29) is 16.9 Å². The van der Waals surface area contributed by atoms with E-state index in [2.05, 4.69) is 9.68 Å². The van der Waals surface area contributed by atoms with Gasteiger partial charge in [-0.3, -0.25) is 0 Å². The van der Waals surface area contributed by atoms with Crippen LogP contribution in [0, 0.1) is 12.7 Å². The number of carbonyl (C=O) groups excluding carboxylic acids is 1. The molecule has 0 unspecified atom stereocenters. The lowest BCUT2D eigenvalue weighted by atomic mass is 9.92. The van der Waals surface area contributed by atoms with E-state index >= 15 is 0 Å². The first-order chi connectivity index (χ1) is 13.6. The molecule has 4 N–H and O–H groups in total. The lowest BCUT2D eigenvalue weighted by molar-refractivity contribution is 0.0769. The molecule has 0 aliphatic rings. The number of urea groups is 1. The number of carbonyl (C=O) groups is 1. The standard InChI is InChI=1S/C21H30FN3O4S/c1-11(2)15-8-14(22)9-16(12(3)4)19(15)24-20(26)25-30(23,28)18-10-17(13(5)29-18)21(6,7)27/h8-12,27H,1-7H3,(H3,23,24,25,26,28)/t30-/m0/s1. The van der Waals surface area contributed by atoms with Gasteiger partial charge in [0.2, 0.25) is 5.09 Å². The number of rotatable bonds is 5. The van der Waals surface area contributed by atoms with Gasteiger partial charge in [0.1, 0.15) is 11.6 Å². The Labute approximate surface area is 177 Å². The number of benzene rings is 1. The number of hydrogen-bond donors (Lipinski definition) is 3. The van der Waals surface area contributed by atoms with Crippen molar-refractivity contribution in [1.82, 2.24) is 0 Å². The number of amides is 2. The van der Waals surface area contributed by atoms with Crippen LogP contribution < -0.4 is 10.5 Å². The summed E-state index contributed by atoms with van der Waals surface area (Å²) in [5, 5.41) is 18.4. The van der Waals surface area contributed by atoms with Gasteiger partial charge in [-0.2, -0.15) is 0 Å². The number of nitrogens with two attached hydrogens (primary N) is 1. The molecule has 0 aliphatic carbocycles. The number of nitrogens with zero attached hydrogens (tertiary/aromatic N) is 1. The Bertz CT molecular complexity index is 1050.